The van der Waals surface area contributed by atoms with Crippen LogP contribution in [0.5, 0.6) is 5.75 Å². The van der Waals surface area contributed by atoms with Crippen molar-refractivity contribution < 1.29 is 18.1 Å². The van der Waals surface area contributed by atoms with Crippen molar-refractivity contribution in [2.45, 2.75) is 13.2 Å². The molecular weight excluding hydrogens is 191 g/mol. The molecule has 0 bridgehead atoms. The molecule has 2 rings (SSSR count). The number of benzene rings is 1. The van der Waals surface area contributed by atoms with E-state index in [-0.39, 0.29) is 0 Å². The number of hydrogen-bond donors (Lipinski definition) is 0. The van der Waals surface area contributed by atoms with Gasteiger partial charge in [-0.3, -0.25) is 0 Å². The SMILES string of the molecule is CC1OP(=O)(Oc2ccccc2)O1. The Morgan fingerprint density at radius 3 is 2.46 bits per heavy atom. The first-order valence-corrected chi connectivity index (χ1v) is 5.35. The molecule has 0 N–H and O–H groups in total. The van der Waals surface area contributed by atoms with Gasteiger partial charge in [-0.05, 0) is 19.1 Å². The molecule has 1 aliphatic rings. The molecule has 0 spiro atoms. The molecule has 1 aliphatic heterocycles. The van der Waals surface area contributed by atoms with E-state index in [4.69, 9.17) is 13.6 Å². The number of rotatable bonds is 2. The van der Waals surface area contributed by atoms with Gasteiger partial charge in [0, 0.05) is 0 Å². The van der Waals surface area contributed by atoms with Crippen molar-refractivity contribution in [3.8, 4) is 5.75 Å². The summed E-state index contributed by atoms with van der Waals surface area (Å²) in [5.41, 5.74) is 0. The van der Waals surface area contributed by atoms with Crippen LogP contribution in [-0.4, -0.2) is 6.29 Å². The maximum absolute atomic E-state index is 11.4. The van der Waals surface area contributed by atoms with Gasteiger partial charge in [0.25, 0.3) is 0 Å². The molecule has 1 aromatic rings. The van der Waals surface area contributed by atoms with Crippen molar-refractivity contribution in [1.29, 1.82) is 0 Å². The summed E-state index contributed by atoms with van der Waals surface area (Å²) < 4.78 is 26.1. The average Bonchev–Trinajstić information content (AvgIpc) is 2.03. The molecule has 0 atom stereocenters. The fourth-order valence-corrected chi connectivity index (χ4v) is 2.23. The predicted molar refractivity (Wildman–Crippen MR) is 46.3 cm³/mol. The van der Waals surface area contributed by atoms with E-state index in [2.05, 4.69) is 0 Å². The van der Waals surface area contributed by atoms with Gasteiger partial charge in [0.1, 0.15) is 5.75 Å². The molecule has 5 heteroatoms. The fourth-order valence-electron chi connectivity index (χ4n) is 1.02. The lowest BCUT2D eigenvalue weighted by Crippen LogP contribution is -2.24. The van der Waals surface area contributed by atoms with Crippen LogP contribution in [0.25, 0.3) is 0 Å². The number of hydrogen-bond acceptors (Lipinski definition) is 4. The van der Waals surface area contributed by atoms with Crippen molar-refractivity contribution in [3.63, 3.8) is 0 Å². The van der Waals surface area contributed by atoms with Gasteiger partial charge >= 0.3 is 7.82 Å². The maximum atomic E-state index is 11.4. The van der Waals surface area contributed by atoms with Gasteiger partial charge in [0.2, 0.25) is 0 Å². The maximum Gasteiger partial charge on any atom is 0.534 e. The third kappa shape index (κ3) is 1.91. The monoisotopic (exact) mass is 200 g/mol. The van der Waals surface area contributed by atoms with Crippen molar-refractivity contribution in [2.24, 2.45) is 0 Å². The van der Waals surface area contributed by atoms with Gasteiger partial charge in [0.05, 0.1) is 0 Å². The molecule has 0 saturated carbocycles. The Hall–Kier alpha value is -0.830. The standard InChI is InChI=1S/C8H9O4P/c1-7-10-13(9,11-7)12-8-5-3-2-4-6-8/h2-7H,1H3. The van der Waals surface area contributed by atoms with E-state index < -0.39 is 14.1 Å². The van der Waals surface area contributed by atoms with Crippen molar-refractivity contribution in [1.82, 2.24) is 0 Å². The first-order chi connectivity index (χ1) is 6.18. The van der Waals surface area contributed by atoms with E-state index in [1.807, 2.05) is 6.07 Å². The zero-order valence-corrected chi connectivity index (χ0v) is 7.94. The van der Waals surface area contributed by atoms with E-state index in [9.17, 15) is 4.57 Å². The minimum Gasteiger partial charge on any atom is -0.404 e. The molecule has 1 heterocycles. The Kier molecular flexibility index (Phi) is 2.12. The van der Waals surface area contributed by atoms with Gasteiger partial charge in [-0.2, -0.15) is 0 Å². The summed E-state index contributed by atoms with van der Waals surface area (Å²) in [5, 5.41) is 0. The van der Waals surface area contributed by atoms with Crippen LogP contribution in [0.2, 0.25) is 0 Å². The second-order valence-electron chi connectivity index (χ2n) is 2.63. The van der Waals surface area contributed by atoms with Crippen LogP contribution in [0.15, 0.2) is 30.3 Å². The lowest BCUT2D eigenvalue weighted by atomic mass is 10.3. The molecule has 4 nitrogen and oxygen atoms in total. The second kappa shape index (κ2) is 3.14. The first kappa shape index (κ1) is 8.75. The molecule has 0 radical (unpaired) electrons. The molecule has 70 valence electrons. The van der Waals surface area contributed by atoms with Crippen LogP contribution in [0.3, 0.4) is 0 Å². The number of phosphoric ester groups is 1. The summed E-state index contributed by atoms with van der Waals surface area (Å²) in [7, 11) is -3.27. The second-order valence-corrected chi connectivity index (χ2v) is 4.13. The minimum absolute atomic E-state index is 0.436. The fraction of sp³-hybridized carbons (Fsp3) is 0.250. The number of phosphoric acid groups is 1. The molecular formula is C8H9O4P. The Morgan fingerprint density at radius 2 is 1.92 bits per heavy atom. The molecule has 13 heavy (non-hydrogen) atoms. The highest BCUT2D eigenvalue weighted by atomic mass is 31.2. The Balaban J connectivity index is 2.04. The smallest absolute Gasteiger partial charge is 0.404 e. The Morgan fingerprint density at radius 1 is 1.31 bits per heavy atom. The van der Waals surface area contributed by atoms with Crippen molar-refractivity contribution in [2.75, 3.05) is 0 Å². The lowest BCUT2D eigenvalue weighted by molar-refractivity contribution is -0.101. The van der Waals surface area contributed by atoms with E-state index in [0.29, 0.717) is 5.75 Å². The molecule has 1 saturated heterocycles. The van der Waals surface area contributed by atoms with Crippen LogP contribution in [0, 0.1) is 0 Å². The van der Waals surface area contributed by atoms with Crippen molar-refractivity contribution >= 4 is 7.82 Å². The minimum atomic E-state index is -3.27. The molecule has 0 amide bonds. The topological polar surface area (TPSA) is 44.8 Å². The molecule has 1 aromatic carbocycles. The lowest BCUT2D eigenvalue weighted by Gasteiger charge is -2.30. The third-order valence-corrected chi connectivity index (χ3v) is 3.06. The quantitative estimate of drug-likeness (QED) is 0.688. The zero-order chi connectivity index (χ0) is 9.31. The van der Waals surface area contributed by atoms with E-state index in [1.165, 1.54) is 0 Å². The summed E-state index contributed by atoms with van der Waals surface area (Å²) >= 11 is 0. The zero-order valence-electron chi connectivity index (χ0n) is 7.04. The Labute approximate surface area is 76.0 Å². The average molecular weight is 200 g/mol. The highest BCUT2D eigenvalue weighted by Gasteiger charge is 2.43. The summed E-state index contributed by atoms with van der Waals surface area (Å²) in [5.74, 6) is 0.484. The van der Waals surface area contributed by atoms with Crippen molar-refractivity contribution in [3.05, 3.63) is 30.3 Å². The first-order valence-electron chi connectivity index (χ1n) is 3.89. The Bertz CT molecular complexity index is 327. The van der Waals surface area contributed by atoms with Crippen LogP contribution in [0.1, 0.15) is 6.92 Å². The third-order valence-electron chi connectivity index (χ3n) is 1.52. The molecule has 0 aliphatic carbocycles. The van der Waals surface area contributed by atoms with E-state index in [0.717, 1.165) is 0 Å². The molecule has 0 unspecified atom stereocenters. The van der Waals surface area contributed by atoms with Crippen LogP contribution in [0.4, 0.5) is 0 Å². The van der Waals surface area contributed by atoms with Crippen LogP contribution in [-0.2, 0) is 13.6 Å². The van der Waals surface area contributed by atoms with E-state index in [1.54, 1.807) is 31.2 Å². The normalized spacial score (nSPS) is 32.2. The predicted octanol–water partition coefficient (Wildman–Crippen LogP) is 2.57. The van der Waals surface area contributed by atoms with Gasteiger partial charge in [0.15, 0.2) is 6.29 Å². The van der Waals surface area contributed by atoms with Gasteiger partial charge in [-0.15, -0.1) is 0 Å². The summed E-state index contributed by atoms with van der Waals surface area (Å²) in [6, 6.07) is 8.79. The summed E-state index contributed by atoms with van der Waals surface area (Å²) in [6.45, 7) is 1.66. The molecule has 1 fully saturated rings. The summed E-state index contributed by atoms with van der Waals surface area (Å²) in [6.07, 6.45) is -0.436. The van der Waals surface area contributed by atoms with E-state index >= 15 is 0 Å². The van der Waals surface area contributed by atoms with Crippen LogP contribution < -0.4 is 4.52 Å². The van der Waals surface area contributed by atoms with Gasteiger partial charge in [-0.1, -0.05) is 18.2 Å². The highest BCUT2D eigenvalue weighted by Crippen LogP contribution is 2.59. The highest BCUT2D eigenvalue weighted by molar-refractivity contribution is 7.50. The summed E-state index contributed by atoms with van der Waals surface area (Å²) in [4.78, 5) is 0. The van der Waals surface area contributed by atoms with Gasteiger partial charge in [-0.25, -0.2) is 13.6 Å². The van der Waals surface area contributed by atoms with Gasteiger partial charge < -0.3 is 4.52 Å². The number of para-hydroxylation sites is 1. The van der Waals surface area contributed by atoms with Crippen LogP contribution >= 0.6 is 7.82 Å². The molecule has 0 aromatic heterocycles. The largest absolute Gasteiger partial charge is 0.534 e.